The number of rotatable bonds is 3. The Kier molecular flexibility index (Phi) is 12.3. The Morgan fingerprint density at radius 2 is 2.00 bits per heavy atom. The minimum Gasteiger partial charge on any atom is -0.492 e. The molecule has 1 aromatic rings. The molecule has 1 fully saturated rings. The van der Waals surface area contributed by atoms with Crippen LogP contribution in [0.4, 0.5) is 0 Å². The third-order valence-corrected chi connectivity index (χ3v) is 1.82. The topological polar surface area (TPSA) is 34.2 Å². The van der Waals surface area contributed by atoms with Crippen LogP contribution in [-0.4, -0.2) is 25.7 Å². The zero-order valence-electron chi connectivity index (χ0n) is 9.68. The van der Waals surface area contributed by atoms with Crippen LogP contribution in [0.5, 0.6) is 5.75 Å². The van der Waals surface area contributed by atoms with Crippen molar-refractivity contribution < 1.29 is 4.74 Å². The lowest BCUT2D eigenvalue weighted by atomic mass is 10.4. The van der Waals surface area contributed by atoms with Gasteiger partial charge in [-0.05, 0) is 45.0 Å². The quantitative estimate of drug-likeness (QED) is 0.913. The Morgan fingerprint density at radius 1 is 1.38 bits per heavy atom. The number of nitrogens with one attached hydrogen (secondary N) is 1. The van der Waals surface area contributed by atoms with Gasteiger partial charge in [0.2, 0.25) is 0 Å². The van der Waals surface area contributed by atoms with Gasteiger partial charge in [0.25, 0.3) is 0 Å². The van der Waals surface area contributed by atoms with Gasteiger partial charge in [0.05, 0.1) is 12.8 Å². The number of hydrogen-bond donors (Lipinski definition) is 1. The standard InChI is InChI=1S/C9H11NO.C2H7N.2ClH/c1-2-9(6-10-5-1)11-7-8-3-4-8;1-3-2;;/h1-2,5-6,8H,3-4,7H2;3H,1-2H3;2*1H. The van der Waals surface area contributed by atoms with Crippen molar-refractivity contribution in [1.82, 2.24) is 10.3 Å². The summed E-state index contributed by atoms with van der Waals surface area (Å²) >= 11 is 0. The average molecular weight is 267 g/mol. The average Bonchev–Trinajstić information content (AvgIpc) is 3.01. The van der Waals surface area contributed by atoms with Crippen LogP contribution in [0.2, 0.25) is 0 Å². The molecule has 5 heteroatoms. The van der Waals surface area contributed by atoms with Crippen molar-refractivity contribution in [2.24, 2.45) is 5.92 Å². The molecule has 1 aliphatic rings. The molecule has 94 valence electrons. The van der Waals surface area contributed by atoms with Crippen LogP contribution in [0.1, 0.15) is 12.8 Å². The summed E-state index contributed by atoms with van der Waals surface area (Å²) in [6.07, 6.45) is 6.17. The van der Waals surface area contributed by atoms with E-state index in [1.165, 1.54) is 12.8 Å². The van der Waals surface area contributed by atoms with E-state index >= 15 is 0 Å². The first-order chi connectivity index (χ1) is 6.86. The minimum atomic E-state index is 0. The summed E-state index contributed by atoms with van der Waals surface area (Å²) in [5, 5.41) is 2.75. The van der Waals surface area contributed by atoms with Gasteiger partial charge in [-0.2, -0.15) is 0 Å². The van der Waals surface area contributed by atoms with E-state index in [1.54, 1.807) is 12.4 Å². The summed E-state index contributed by atoms with van der Waals surface area (Å²) in [7, 11) is 3.75. The van der Waals surface area contributed by atoms with Crippen molar-refractivity contribution in [2.45, 2.75) is 12.8 Å². The molecule has 1 N–H and O–H groups in total. The fraction of sp³-hybridized carbons (Fsp3) is 0.545. The Balaban J connectivity index is 0. The lowest BCUT2D eigenvalue weighted by Crippen LogP contribution is -1.98. The highest BCUT2D eigenvalue weighted by Gasteiger charge is 2.21. The zero-order chi connectivity index (χ0) is 10.2. The van der Waals surface area contributed by atoms with Crippen LogP contribution in [0.25, 0.3) is 0 Å². The molecule has 0 atom stereocenters. The van der Waals surface area contributed by atoms with Gasteiger partial charge in [0.15, 0.2) is 0 Å². The predicted octanol–water partition coefficient (Wildman–Crippen LogP) is 2.55. The normalized spacial score (nSPS) is 12.4. The number of ether oxygens (including phenoxy) is 1. The number of halogens is 2. The Hall–Kier alpha value is -0.510. The number of pyridine rings is 1. The smallest absolute Gasteiger partial charge is 0.137 e. The second-order valence-corrected chi connectivity index (χ2v) is 3.44. The first-order valence-electron chi connectivity index (χ1n) is 4.98. The number of nitrogens with zero attached hydrogens (tertiary/aromatic N) is 1. The van der Waals surface area contributed by atoms with Crippen molar-refractivity contribution >= 4 is 24.8 Å². The highest BCUT2D eigenvalue weighted by molar-refractivity contribution is 5.85. The van der Waals surface area contributed by atoms with Gasteiger partial charge in [0, 0.05) is 6.20 Å². The second kappa shape index (κ2) is 11.0. The van der Waals surface area contributed by atoms with E-state index in [9.17, 15) is 0 Å². The number of aromatic nitrogens is 1. The largest absolute Gasteiger partial charge is 0.492 e. The molecule has 1 heterocycles. The fourth-order valence-electron chi connectivity index (χ4n) is 0.931. The Morgan fingerprint density at radius 3 is 2.44 bits per heavy atom. The molecule has 0 aromatic carbocycles. The molecule has 0 unspecified atom stereocenters. The van der Waals surface area contributed by atoms with E-state index in [4.69, 9.17) is 4.74 Å². The van der Waals surface area contributed by atoms with Gasteiger partial charge in [-0.15, -0.1) is 24.8 Å². The summed E-state index contributed by atoms with van der Waals surface area (Å²) in [6, 6.07) is 3.83. The van der Waals surface area contributed by atoms with Gasteiger partial charge in [0.1, 0.15) is 5.75 Å². The molecule has 1 aliphatic carbocycles. The van der Waals surface area contributed by atoms with E-state index in [0.29, 0.717) is 0 Å². The molecule has 0 aliphatic heterocycles. The summed E-state index contributed by atoms with van der Waals surface area (Å²) in [5.74, 6) is 1.70. The molecule has 1 saturated carbocycles. The third kappa shape index (κ3) is 8.77. The van der Waals surface area contributed by atoms with Gasteiger partial charge in [-0.3, -0.25) is 4.98 Å². The maximum Gasteiger partial charge on any atom is 0.137 e. The summed E-state index contributed by atoms with van der Waals surface area (Å²) in [6.45, 7) is 0.867. The van der Waals surface area contributed by atoms with Crippen molar-refractivity contribution in [1.29, 1.82) is 0 Å². The summed E-state index contributed by atoms with van der Waals surface area (Å²) in [5.41, 5.74) is 0. The molecule has 0 radical (unpaired) electrons. The van der Waals surface area contributed by atoms with E-state index in [-0.39, 0.29) is 24.8 Å². The molecule has 0 bridgehead atoms. The molecule has 0 amide bonds. The van der Waals surface area contributed by atoms with Crippen LogP contribution in [0.15, 0.2) is 24.5 Å². The highest BCUT2D eigenvalue weighted by atomic mass is 35.5. The van der Waals surface area contributed by atoms with E-state index < -0.39 is 0 Å². The SMILES string of the molecule is CNC.Cl.Cl.c1cncc(OCC2CC2)c1. The van der Waals surface area contributed by atoms with Crippen LogP contribution in [-0.2, 0) is 0 Å². The molecule has 1 aromatic heterocycles. The lowest BCUT2D eigenvalue weighted by molar-refractivity contribution is 0.298. The molecule has 0 spiro atoms. The molecule has 2 rings (SSSR count). The summed E-state index contributed by atoms with van der Waals surface area (Å²) < 4.78 is 5.47. The van der Waals surface area contributed by atoms with Crippen molar-refractivity contribution in [3.63, 3.8) is 0 Å². The van der Waals surface area contributed by atoms with Crippen LogP contribution < -0.4 is 10.1 Å². The van der Waals surface area contributed by atoms with Crippen molar-refractivity contribution in [3.05, 3.63) is 24.5 Å². The number of hydrogen-bond acceptors (Lipinski definition) is 3. The first-order valence-corrected chi connectivity index (χ1v) is 4.98. The van der Waals surface area contributed by atoms with Gasteiger partial charge in [-0.1, -0.05) is 0 Å². The Bertz CT molecular complexity index is 243. The van der Waals surface area contributed by atoms with Gasteiger partial charge in [-0.25, -0.2) is 0 Å². The summed E-state index contributed by atoms with van der Waals surface area (Å²) in [4.78, 5) is 3.96. The molecular formula is C11H20Cl2N2O. The van der Waals surface area contributed by atoms with Gasteiger partial charge >= 0.3 is 0 Å². The van der Waals surface area contributed by atoms with Crippen LogP contribution >= 0.6 is 24.8 Å². The van der Waals surface area contributed by atoms with Crippen LogP contribution in [0.3, 0.4) is 0 Å². The molecular weight excluding hydrogens is 247 g/mol. The third-order valence-electron chi connectivity index (χ3n) is 1.82. The van der Waals surface area contributed by atoms with E-state index in [2.05, 4.69) is 10.3 Å². The highest BCUT2D eigenvalue weighted by Crippen LogP contribution is 2.29. The molecule has 3 nitrogen and oxygen atoms in total. The second-order valence-electron chi connectivity index (χ2n) is 3.44. The maximum absolute atomic E-state index is 5.47. The molecule has 16 heavy (non-hydrogen) atoms. The van der Waals surface area contributed by atoms with E-state index in [0.717, 1.165) is 18.3 Å². The Labute approximate surface area is 110 Å². The maximum atomic E-state index is 5.47. The van der Waals surface area contributed by atoms with E-state index in [1.807, 2.05) is 26.2 Å². The molecule has 0 saturated heterocycles. The minimum absolute atomic E-state index is 0. The predicted molar refractivity (Wildman–Crippen MR) is 71.9 cm³/mol. The van der Waals surface area contributed by atoms with Crippen LogP contribution in [0, 0.1) is 5.92 Å². The van der Waals surface area contributed by atoms with Gasteiger partial charge < -0.3 is 10.1 Å². The zero-order valence-corrected chi connectivity index (χ0v) is 11.3. The van der Waals surface area contributed by atoms with Crippen molar-refractivity contribution in [3.8, 4) is 5.75 Å². The lowest BCUT2D eigenvalue weighted by Gasteiger charge is -2.02. The fourth-order valence-corrected chi connectivity index (χ4v) is 0.931. The monoisotopic (exact) mass is 266 g/mol. The van der Waals surface area contributed by atoms with Crippen molar-refractivity contribution in [2.75, 3.05) is 20.7 Å². The first kappa shape index (κ1) is 17.9.